The van der Waals surface area contributed by atoms with Crippen LogP contribution in [0.3, 0.4) is 0 Å². The fourth-order valence-corrected chi connectivity index (χ4v) is 2.66. The first-order chi connectivity index (χ1) is 8.25. The van der Waals surface area contributed by atoms with Crippen molar-refractivity contribution in [2.45, 2.75) is 25.3 Å². The normalized spacial score (nSPS) is 19.1. The minimum absolute atomic E-state index is 0.156. The van der Waals surface area contributed by atoms with E-state index in [-0.39, 0.29) is 6.04 Å². The SMILES string of the molecule is NC1CCCc2c1cnn2-c1ccc(Br)cc1. The van der Waals surface area contributed by atoms with Crippen LogP contribution in [0.2, 0.25) is 0 Å². The predicted octanol–water partition coefficient (Wildman–Crippen LogP) is 2.97. The molecule has 3 rings (SSSR count). The monoisotopic (exact) mass is 291 g/mol. The number of aromatic nitrogens is 2. The molecular weight excluding hydrogens is 278 g/mol. The van der Waals surface area contributed by atoms with E-state index in [1.54, 1.807) is 0 Å². The van der Waals surface area contributed by atoms with Crippen LogP contribution in [-0.4, -0.2) is 9.78 Å². The van der Waals surface area contributed by atoms with Crippen LogP contribution >= 0.6 is 15.9 Å². The van der Waals surface area contributed by atoms with Gasteiger partial charge in [-0.1, -0.05) is 15.9 Å². The summed E-state index contributed by atoms with van der Waals surface area (Å²) in [6.45, 7) is 0. The Kier molecular flexibility index (Phi) is 2.76. The minimum atomic E-state index is 0.156. The molecule has 0 amide bonds. The molecule has 1 aromatic carbocycles. The molecule has 1 aliphatic carbocycles. The van der Waals surface area contributed by atoms with Crippen molar-refractivity contribution >= 4 is 15.9 Å². The molecule has 0 fully saturated rings. The topological polar surface area (TPSA) is 43.8 Å². The molecule has 1 aromatic heterocycles. The summed E-state index contributed by atoms with van der Waals surface area (Å²) in [7, 11) is 0. The number of fused-ring (bicyclic) bond motifs is 1. The van der Waals surface area contributed by atoms with Crippen LogP contribution in [0.15, 0.2) is 34.9 Å². The van der Waals surface area contributed by atoms with E-state index in [1.165, 1.54) is 11.3 Å². The third-order valence-corrected chi connectivity index (χ3v) is 3.83. The van der Waals surface area contributed by atoms with Gasteiger partial charge >= 0.3 is 0 Å². The zero-order valence-corrected chi connectivity index (χ0v) is 11.0. The highest BCUT2D eigenvalue weighted by atomic mass is 79.9. The van der Waals surface area contributed by atoms with Crippen LogP contribution in [0.25, 0.3) is 5.69 Å². The molecule has 0 bridgehead atoms. The summed E-state index contributed by atoms with van der Waals surface area (Å²) in [5.74, 6) is 0. The molecule has 3 nitrogen and oxygen atoms in total. The van der Waals surface area contributed by atoms with Crippen molar-refractivity contribution in [2.24, 2.45) is 5.73 Å². The molecular formula is C13H14BrN3. The van der Waals surface area contributed by atoms with Crippen molar-refractivity contribution in [3.63, 3.8) is 0 Å². The van der Waals surface area contributed by atoms with E-state index in [9.17, 15) is 0 Å². The average molecular weight is 292 g/mol. The first-order valence-electron chi connectivity index (χ1n) is 5.84. The molecule has 0 radical (unpaired) electrons. The molecule has 1 aliphatic rings. The van der Waals surface area contributed by atoms with Crippen molar-refractivity contribution in [1.29, 1.82) is 0 Å². The summed E-state index contributed by atoms with van der Waals surface area (Å²) >= 11 is 3.44. The lowest BCUT2D eigenvalue weighted by atomic mass is 9.94. The number of nitrogens with two attached hydrogens (primary N) is 1. The van der Waals surface area contributed by atoms with Gasteiger partial charge in [0.1, 0.15) is 0 Å². The van der Waals surface area contributed by atoms with Crippen LogP contribution in [0, 0.1) is 0 Å². The summed E-state index contributed by atoms with van der Waals surface area (Å²) < 4.78 is 3.10. The molecule has 4 heteroatoms. The Morgan fingerprint density at radius 1 is 1.29 bits per heavy atom. The maximum absolute atomic E-state index is 6.10. The van der Waals surface area contributed by atoms with E-state index >= 15 is 0 Å². The van der Waals surface area contributed by atoms with Gasteiger partial charge in [0.2, 0.25) is 0 Å². The van der Waals surface area contributed by atoms with Crippen LogP contribution in [0.4, 0.5) is 0 Å². The number of nitrogens with zero attached hydrogens (tertiary/aromatic N) is 2. The van der Waals surface area contributed by atoms with Crippen LogP contribution in [-0.2, 0) is 6.42 Å². The van der Waals surface area contributed by atoms with Crippen molar-refractivity contribution in [3.05, 3.63) is 46.2 Å². The van der Waals surface area contributed by atoms with E-state index in [2.05, 4.69) is 33.2 Å². The van der Waals surface area contributed by atoms with Crippen LogP contribution in [0.5, 0.6) is 0 Å². The van der Waals surface area contributed by atoms with E-state index in [4.69, 9.17) is 5.73 Å². The van der Waals surface area contributed by atoms with Gasteiger partial charge in [0.15, 0.2) is 0 Å². The molecule has 0 spiro atoms. The van der Waals surface area contributed by atoms with E-state index in [0.29, 0.717) is 0 Å². The lowest BCUT2D eigenvalue weighted by Crippen LogP contribution is -2.17. The Hall–Kier alpha value is -1.13. The van der Waals surface area contributed by atoms with Crippen LogP contribution in [0.1, 0.15) is 30.1 Å². The molecule has 1 atom stereocenters. The van der Waals surface area contributed by atoms with Crippen molar-refractivity contribution in [3.8, 4) is 5.69 Å². The van der Waals surface area contributed by atoms with Gasteiger partial charge in [-0.2, -0.15) is 5.10 Å². The van der Waals surface area contributed by atoms with Gasteiger partial charge in [0.05, 0.1) is 11.9 Å². The molecule has 88 valence electrons. The Labute approximate surface area is 109 Å². The predicted molar refractivity (Wildman–Crippen MR) is 71.1 cm³/mol. The zero-order valence-electron chi connectivity index (χ0n) is 9.44. The standard InChI is InChI=1S/C13H14BrN3/c14-9-4-6-10(7-5-9)17-13-3-1-2-12(15)11(13)8-16-17/h4-8,12H,1-3,15H2. The molecule has 17 heavy (non-hydrogen) atoms. The van der Waals surface area contributed by atoms with Gasteiger partial charge in [-0.15, -0.1) is 0 Å². The lowest BCUT2D eigenvalue weighted by molar-refractivity contribution is 0.558. The minimum Gasteiger partial charge on any atom is -0.324 e. The van der Waals surface area contributed by atoms with Gasteiger partial charge in [-0.25, -0.2) is 4.68 Å². The second-order valence-corrected chi connectivity index (χ2v) is 5.35. The van der Waals surface area contributed by atoms with Crippen molar-refractivity contribution < 1.29 is 0 Å². The highest BCUT2D eigenvalue weighted by molar-refractivity contribution is 9.10. The van der Waals surface area contributed by atoms with Gasteiger partial charge in [-0.3, -0.25) is 0 Å². The maximum Gasteiger partial charge on any atom is 0.0649 e. The van der Waals surface area contributed by atoms with Crippen molar-refractivity contribution in [2.75, 3.05) is 0 Å². The Balaban J connectivity index is 2.07. The summed E-state index contributed by atoms with van der Waals surface area (Å²) in [5.41, 5.74) is 9.68. The molecule has 0 saturated carbocycles. The first kappa shape index (κ1) is 11.0. The number of hydrogen-bond donors (Lipinski definition) is 1. The van der Waals surface area contributed by atoms with Crippen molar-refractivity contribution in [1.82, 2.24) is 9.78 Å². The van der Waals surface area contributed by atoms with E-state index in [1.807, 2.05) is 23.0 Å². The largest absolute Gasteiger partial charge is 0.324 e. The highest BCUT2D eigenvalue weighted by Gasteiger charge is 2.21. The first-order valence-corrected chi connectivity index (χ1v) is 6.63. The molecule has 2 aromatic rings. The second kappa shape index (κ2) is 4.27. The Bertz CT molecular complexity index is 530. The van der Waals surface area contributed by atoms with Gasteiger partial charge < -0.3 is 5.73 Å². The fourth-order valence-electron chi connectivity index (χ4n) is 2.40. The lowest BCUT2D eigenvalue weighted by Gasteiger charge is -2.19. The maximum atomic E-state index is 6.10. The third kappa shape index (κ3) is 1.91. The second-order valence-electron chi connectivity index (χ2n) is 4.43. The van der Waals surface area contributed by atoms with Crippen LogP contribution < -0.4 is 5.73 Å². The molecule has 1 unspecified atom stereocenters. The van der Waals surface area contributed by atoms with Gasteiger partial charge in [-0.05, 0) is 43.5 Å². The zero-order chi connectivity index (χ0) is 11.8. The Morgan fingerprint density at radius 3 is 2.82 bits per heavy atom. The molecule has 0 aliphatic heterocycles. The number of benzene rings is 1. The smallest absolute Gasteiger partial charge is 0.0649 e. The van der Waals surface area contributed by atoms with E-state index < -0.39 is 0 Å². The highest BCUT2D eigenvalue weighted by Crippen LogP contribution is 2.29. The summed E-state index contributed by atoms with van der Waals surface area (Å²) in [6, 6.07) is 8.36. The number of rotatable bonds is 1. The summed E-state index contributed by atoms with van der Waals surface area (Å²) in [6.07, 6.45) is 5.20. The molecule has 2 N–H and O–H groups in total. The quantitative estimate of drug-likeness (QED) is 0.878. The Morgan fingerprint density at radius 2 is 2.06 bits per heavy atom. The fraction of sp³-hybridized carbons (Fsp3) is 0.308. The molecule has 1 heterocycles. The summed E-state index contributed by atoms with van der Waals surface area (Å²) in [4.78, 5) is 0. The van der Waals surface area contributed by atoms with Gasteiger partial charge in [0, 0.05) is 21.8 Å². The van der Waals surface area contributed by atoms with E-state index in [0.717, 1.165) is 29.4 Å². The third-order valence-electron chi connectivity index (χ3n) is 3.30. The summed E-state index contributed by atoms with van der Waals surface area (Å²) in [5, 5.41) is 4.47. The average Bonchev–Trinajstić information content (AvgIpc) is 2.75. The molecule has 0 saturated heterocycles. The number of halogens is 1. The van der Waals surface area contributed by atoms with Gasteiger partial charge in [0.25, 0.3) is 0 Å². The number of hydrogen-bond acceptors (Lipinski definition) is 2.